The number of nitrogens with one attached hydrogen (secondary N) is 1. The minimum atomic E-state index is -1.08. The van der Waals surface area contributed by atoms with Gasteiger partial charge in [-0.3, -0.25) is 9.59 Å². The molecule has 0 saturated carbocycles. The molecule has 0 bridgehead atoms. The van der Waals surface area contributed by atoms with E-state index in [2.05, 4.69) is 5.32 Å². The predicted molar refractivity (Wildman–Crippen MR) is 86.9 cm³/mol. The molecule has 1 fully saturated rings. The van der Waals surface area contributed by atoms with Crippen LogP contribution in [0.15, 0.2) is 22.2 Å². The fourth-order valence-electron chi connectivity index (χ4n) is 2.74. The third-order valence-electron chi connectivity index (χ3n) is 3.81. The summed E-state index contributed by atoms with van der Waals surface area (Å²) in [4.78, 5) is 36.6. The third-order valence-corrected chi connectivity index (χ3v) is 5.77. The zero-order valence-electron chi connectivity index (χ0n) is 12.5. The lowest BCUT2D eigenvalue weighted by Gasteiger charge is -2.45. The Bertz CT molecular complexity index is 573. The summed E-state index contributed by atoms with van der Waals surface area (Å²) in [6, 6.07) is -0.0577. The third kappa shape index (κ3) is 3.03. The second-order valence-electron chi connectivity index (χ2n) is 5.14. The highest BCUT2D eigenvalue weighted by Gasteiger charge is 2.56. The van der Waals surface area contributed by atoms with Gasteiger partial charge in [0.25, 0.3) is 0 Å². The zero-order chi connectivity index (χ0) is 16.4. The van der Waals surface area contributed by atoms with Crippen molar-refractivity contribution in [1.29, 1.82) is 0 Å². The largest absolute Gasteiger partial charge is 0.477 e. The highest BCUT2D eigenvalue weighted by atomic mass is 32.2. The van der Waals surface area contributed by atoms with Crippen molar-refractivity contribution in [2.75, 3.05) is 6.26 Å². The number of β-lactam (4-membered cyclic amide) rings is 1. The SMILES string of the molecule is CS[C@@H](C)[C@H]1C(=O)N2C(C(=O)O)=C(S/C=C/NC(C)=O)C[C@H]12. The molecule has 2 aliphatic rings. The summed E-state index contributed by atoms with van der Waals surface area (Å²) >= 11 is 2.85. The highest BCUT2D eigenvalue weighted by molar-refractivity contribution is 8.05. The van der Waals surface area contributed by atoms with Gasteiger partial charge in [0.1, 0.15) is 5.70 Å². The van der Waals surface area contributed by atoms with Crippen LogP contribution in [0, 0.1) is 5.92 Å². The van der Waals surface area contributed by atoms with Crippen LogP contribution in [0.1, 0.15) is 20.3 Å². The van der Waals surface area contributed by atoms with Crippen LogP contribution in [0.4, 0.5) is 0 Å². The molecule has 2 amide bonds. The lowest BCUT2D eigenvalue weighted by atomic mass is 9.85. The molecular weight excluding hydrogens is 324 g/mol. The van der Waals surface area contributed by atoms with Gasteiger partial charge >= 0.3 is 5.97 Å². The Hall–Kier alpha value is -1.41. The first-order valence-electron chi connectivity index (χ1n) is 6.79. The van der Waals surface area contributed by atoms with Gasteiger partial charge in [-0.1, -0.05) is 18.7 Å². The molecule has 0 radical (unpaired) electrons. The van der Waals surface area contributed by atoms with Crippen LogP contribution in [-0.4, -0.2) is 45.3 Å². The van der Waals surface area contributed by atoms with Crippen molar-refractivity contribution in [3.05, 3.63) is 22.2 Å². The van der Waals surface area contributed by atoms with Crippen molar-refractivity contribution in [2.45, 2.75) is 31.6 Å². The van der Waals surface area contributed by atoms with Gasteiger partial charge in [0, 0.05) is 29.7 Å². The van der Waals surface area contributed by atoms with Crippen LogP contribution in [0.3, 0.4) is 0 Å². The maximum absolute atomic E-state index is 12.3. The molecule has 8 heteroatoms. The van der Waals surface area contributed by atoms with Crippen molar-refractivity contribution in [1.82, 2.24) is 10.2 Å². The first-order valence-corrected chi connectivity index (χ1v) is 8.96. The Labute approximate surface area is 137 Å². The lowest BCUT2D eigenvalue weighted by molar-refractivity contribution is -0.154. The van der Waals surface area contributed by atoms with Crippen LogP contribution in [-0.2, 0) is 14.4 Å². The van der Waals surface area contributed by atoms with E-state index in [0.29, 0.717) is 11.3 Å². The number of fused-ring (bicyclic) bond motifs is 1. The first kappa shape index (κ1) is 17.0. The standard InChI is InChI=1S/C14H18N2O4S2/c1-7(21-3)11-9-6-10(22-5-4-15-8(2)17)12(14(19)20)16(9)13(11)18/h4-5,7,9,11H,6H2,1-3H3,(H,15,17)(H,19,20)/b5-4+/t7-,9+,11+/m0/s1. The fraction of sp³-hybridized carbons (Fsp3) is 0.500. The minimum Gasteiger partial charge on any atom is -0.477 e. The number of nitrogens with zero attached hydrogens (tertiary/aromatic N) is 1. The quantitative estimate of drug-likeness (QED) is 0.713. The molecule has 1 saturated heterocycles. The predicted octanol–water partition coefficient (Wildman–Crippen LogP) is 1.61. The number of thioether (sulfide) groups is 2. The summed E-state index contributed by atoms with van der Waals surface area (Å²) in [6.45, 7) is 3.39. The number of aliphatic carboxylic acids is 1. The number of carboxylic acids is 1. The number of hydrogen-bond acceptors (Lipinski definition) is 5. The number of amides is 2. The molecule has 0 spiro atoms. The van der Waals surface area contributed by atoms with Crippen LogP contribution in [0.25, 0.3) is 0 Å². The maximum atomic E-state index is 12.3. The van der Waals surface area contributed by atoms with Gasteiger partial charge < -0.3 is 15.3 Å². The number of hydrogen-bond donors (Lipinski definition) is 2. The van der Waals surface area contributed by atoms with Crippen LogP contribution in [0.2, 0.25) is 0 Å². The summed E-state index contributed by atoms with van der Waals surface area (Å²) in [5.74, 6) is -1.50. The summed E-state index contributed by atoms with van der Waals surface area (Å²) in [7, 11) is 0. The van der Waals surface area contributed by atoms with Crippen molar-refractivity contribution in [3.63, 3.8) is 0 Å². The summed E-state index contributed by atoms with van der Waals surface area (Å²) in [5, 5.41) is 13.7. The fourth-order valence-corrected chi connectivity index (χ4v) is 4.19. The lowest BCUT2D eigenvalue weighted by Crippen LogP contribution is -2.61. The van der Waals surface area contributed by atoms with Crippen molar-refractivity contribution < 1.29 is 19.5 Å². The first-order chi connectivity index (χ1) is 10.4. The van der Waals surface area contributed by atoms with E-state index >= 15 is 0 Å². The Morgan fingerprint density at radius 1 is 1.50 bits per heavy atom. The average molecular weight is 342 g/mol. The van der Waals surface area contributed by atoms with Crippen LogP contribution < -0.4 is 5.32 Å². The molecule has 6 nitrogen and oxygen atoms in total. The van der Waals surface area contributed by atoms with E-state index in [1.54, 1.807) is 17.2 Å². The highest BCUT2D eigenvalue weighted by Crippen LogP contribution is 2.48. The molecule has 120 valence electrons. The maximum Gasteiger partial charge on any atom is 0.353 e. The Kier molecular flexibility index (Phi) is 5.23. The van der Waals surface area contributed by atoms with Crippen molar-refractivity contribution in [2.24, 2.45) is 5.92 Å². The Morgan fingerprint density at radius 3 is 2.73 bits per heavy atom. The van der Waals surface area contributed by atoms with E-state index in [4.69, 9.17) is 0 Å². The smallest absolute Gasteiger partial charge is 0.353 e. The van der Waals surface area contributed by atoms with Gasteiger partial charge in [0.2, 0.25) is 11.8 Å². The van der Waals surface area contributed by atoms with E-state index < -0.39 is 5.97 Å². The molecule has 0 aromatic rings. The molecule has 2 aliphatic heterocycles. The Balaban J connectivity index is 2.13. The topological polar surface area (TPSA) is 86.7 Å². The number of carbonyl (C=O) groups is 3. The van der Waals surface area contributed by atoms with Crippen molar-refractivity contribution in [3.8, 4) is 0 Å². The second kappa shape index (κ2) is 6.78. The monoisotopic (exact) mass is 342 g/mol. The summed E-state index contributed by atoms with van der Waals surface area (Å²) < 4.78 is 0. The van der Waals surface area contributed by atoms with E-state index in [1.165, 1.54) is 29.8 Å². The Morgan fingerprint density at radius 2 is 2.18 bits per heavy atom. The van der Waals surface area contributed by atoms with E-state index in [9.17, 15) is 19.5 Å². The molecular formula is C14H18N2O4S2. The molecule has 3 atom stereocenters. The normalized spacial score (nSPS) is 25.2. The van der Waals surface area contributed by atoms with Gasteiger partial charge in [-0.05, 0) is 11.7 Å². The van der Waals surface area contributed by atoms with Crippen LogP contribution >= 0.6 is 23.5 Å². The zero-order valence-corrected chi connectivity index (χ0v) is 14.2. The van der Waals surface area contributed by atoms with Gasteiger partial charge in [0.05, 0.1) is 12.0 Å². The second-order valence-corrected chi connectivity index (χ2v) is 7.36. The van der Waals surface area contributed by atoms with E-state index in [-0.39, 0.29) is 34.7 Å². The van der Waals surface area contributed by atoms with Crippen molar-refractivity contribution >= 4 is 41.3 Å². The summed E-state index contributed by atoms with van der Waals surface area (Å²) in [5.41, 5.74) is 0.0806. The van der Waals surface area contributed by atoms with E-state index in [1.807, 2.05) is 13.2 Å². The van der Waals surface area contributed by atoms with Crippen LogP contribution in [0.5, 0.6) is 0 Å². The number of carboxylic acid groups (broad SMARTS) is 1. The molecule has 2 N–H and O–H groups in total. The number of carbonyl (C=O) groups excluding carboxylic acids is 2. The van der Waals surface area contributed by atoms with Gasteiger partial charge in [0.15, 0.2) is 0 Å². The average Bonchev–Trinajstić information content (AvgIpc) is 2.78. The molecule has 2 rings (SSSR count). The minimum absolute atomic E-state index is 0.0577. The van der Waals surface area contributed by atoms with Gasteiger partial charge in [-0.25, -0.2) is 4.79 Å². The molecule has 0 aromatic carbocycles. The molecule has 0 aromatic heterocycles. The molecule has 0 aliphatic carbocycles. The van der Waals surface area contributed by atoms with Gasteiger partial charge in [-0.15, -0.1) is 0 Å². The van der Waals surface area contributed by atoms with E-state index in [0.717, 1.165) is 0 Å². The molecule has 2 heterocycles. The van der Waals surface area contributed by atoms with Gasteiger partial charge in [-0.2, -0.15) is 11.8 Å². The summed E-state index contributed by atoms with van der Waals surface area (Å²) in [6.07, 6.45) is 3.98. The number of rotatable bonds is 6. The molecule has 0 unspecified atom stereocenters. The molecule has 22 heavy (non-hydrogen) atoms.